The summed E-state index contributed by atoms with van der Waals surface area (Å²) < 4.78 is 2.04. The Bertz CT molecular complexity index is 883. The molecule has 2 heterocycles. The molecule has 0 atom stereocenters. The van der Waals surface area contributed by atoms with Crippen LogP contribution in [0.15, 0.2) is 79.1 Å². The van der Waals surface area contributed by atoms with Gasteiger partial charge in [0.05, 0.1) is 5.69 Å². The molecule has 0 spiro atoms. The van der Waals surface area contributed by atoms with Gasteiger partial charge in [0.15, 0.2) is 0 Å². The molecule has 4 rings (SSSR count). The second kappa shape index (κ2) is 5.15. The molecule has 0 N–H and O–H groups in total. The van der Waals surface area contributed by atoms with E-state index >= 15 is 0 Å². The number of rotatable bonds is 2. The maximum Gasteiger partial charge on any atom is 0.137 e. The Labute approximate surface area is 129 Å². The average molecular weight is 284 g/mol. The highest BCUT2D eigenvalue weighted by Gasteiger charge is 2.04. The lowest BCUT2D eigenvalue weighted by molar-refractivity contribution is 1.19. The molecule has 0 radical (unpaired) electrons. The van der Waals surface area contributed by atoms with Crippen LogP contribution in [0.2, 0.25) is 0 Å². The second-order valence-electron chi connectivity index (χ2n) is 5.54. The monoisotopic (exact) mass is 284 g/mol. The lowest BCUT2D eigenvalue weighted by Crippen LogP contribution is -1.81. The molecule has 0 saturated carbocycles. The van der Waals surface area contributed by atoms with E-state index in [-0.39, 0.29) is 0 Å². The molecule has 0 unspecified atom stereocenters. The van der Waals surface area contributed by atoms with Gasteiger partial charge in [0.1, 0.15) is 5.65 Å². The number of pyridine rings is 1. The standard InChI is InChI=1S/C20H16N2/c1-15-5-7-16(8-6-15)17-9-11-18(12-10-17)19-14-22-13-3-2-4-20(22)21-19/h2-14H,1H3. The van der Waals surface area contributed by atoms with Gasteiger partial charge in [-0.25, -0.2) is 4.98 Å². The van der Waals surface area contributed by atoms with Crippen LogP contribution in [0.25, 0.3) is 28.0 Å². The number of fused-ring (bicyclic) bond motifs is 1. The predicted octanol–water partition coefficient (Wildman–Crippen LogP) is 4.98. The van der Waals surface area contributed by atoms with Crippen LogP contribution in [-0.4, -0.2) is 9.38 Å². The number of nitrogens with zero attached hydrogens (tertiary/aromatic N) is 2. The van der Waals surface area contributed by atoms with E-state index in [9.17, 15) is 0 Å². The van der Waals surface area contributed by atoms with Gasteiger partial charge in [0.2, 0.25) is 0 Å². The van der Waals surface area contributed by atoms with Crippen LogP contribution < -0.4 is 0 Å². The molecule has 0 aliphatic heterocycles. The van der Waals surface area contributed by atoms with Gasteiger partial charge in [-0.2, -0.15) is 0 Å². The molecule has 106 valence electrons. The van der Waals surface area contributed by atoms with E-state index in [0.29, 0.717) is 0 Å². The van der Waals surface area contributed by atoms with Crippen molar-refractivity contribution in [1.29, 1.82) is 0 Å². The van der Waals surface area contributed by atoms with Crippen molar-refractivity contribution in [1.82, 2.24) is 9.38 Å². The summed E-state index contributed by atoms with van der Waals surface area (Å²) in [6.45, 7) is 2.11. The van der Waals surface area contributed by atoms with E-state index < -0.39 is 0 Å². The van der Waals surface area contributed by atoms with Gasteiger partial charge in [0, 0.05) is 18.0 Å². The van der Waals surface area contributed by atoms with Crippen LogP contribution in [0, 0.1) is 6.92 Å². The molecule has 0 fully saturated rings. The third kappa shape index (κ3) is 2.29. The molecule has 2 heteroatoms. The lowest BCUT2D eigenvalue weighted by Gasteiger charge is -2.03. The molecule has 4 aromatic rings. The van der Waals surface area contributed by atoms with Crippen molar-refractivity contribution in [3.8, 4) is 22.4 Å². The number of benzene rings is 2. The van der Waals surface area contributed by atoms with E-state index in [4.69, 9.17) is 0 Å². The number of aromatic nitrogens is 2. The Hall–Kier alpha value is -2.87. The smallest absolute Gasteiger partial charge is 0.137 e. The van der Waals surface area contributed by atoms with Gasteiger partial charge in [-0.15, -0.1) is 0 Å². The summed E-state index contributed by atoms with van der Waals surface area (Å²) in [6, 6.07) is 23.2. The van der Waals surface area contributed by atoms with Crippen LogP contribution in [0.3, 0.4) is 0 Å². The highest BCUT2D eigenvalue weighted by Crippen LogP contribution is 2.24. The fraction of sp³-hybridized carbons (Fsp3) is 0.0500. The molecular formula is C20H16N2. The molecule has 0 bridgehead atoms. The molecule has 2 aromatic carbocycles. The Morgan fingerprint density at radius 2 is 1.36 bits per heavy atom. The Morgan fingerprint density at radius 1 is 0.727 bits per heavy atom. The molecule has 2 nitrogen and oxygen atoms in total. The van der Waals surface area contributed by atoms with Crippen molar-refractivity contribution in [2.24, 2.45) is 0 Å². The number of hydrogen-bond acceptors (Lipinski definition) is 1. The van der Waals surface area contributed by atoms with Gasteiger partial charge < -0.3 is 4.40 Å². The summed E-state index contributed by atoms with van der Waals surface area (Å²) in [4.78, 5) is 4.66. The summed E-state index contributed by atoms with van der Waals surface area (Å²) in [5.41, 5.74) is 6.87. The van der Waals surface area contributed by atoms with E-state index in [1.54, 1.807) is 0 Å². The topological polar surface area (TPSA) is 17.3 Å². The zero-order valence-electron chi connectivity index (χ0n) is 12.4. The first kappa shape index (κ1) is 12.8. The van der Waals surface area contributed by atoms with Crippen molar-refractivity contribution in [2.45, 2.75) is 6.92 Å². The largest absolute Gasteiger partial charge is 0.306 e. The Balaban J connectivity index is 1.70. The van der Waals surface area contributed by atoms with Gasteiger partial charge >= 0.3 is 0 Å². The normalized spacial score (nSPS) is 11.0. The number of hydrogen-bond donors (Lipinski definition) is 0. The van der Waals surface area contributed by atoms with Crippen molar-refractivity contribution in [3.63, 3.8) is 0 Å². The van der Waals surface area contributed by atoms with E-state index in [1.165, 1.54) is 16.7 Å². The molecule has 2 aromatic heterocycles. The first-order chi connectivity index (χ1) is 10.8. The molecule has 22 heavy (non-hydrogen) atoms. The molecule has 0 saturated heterocycles. The molecule has 0 aliphatic rings. The van der Waals surface area contributed by atoms with E-state index in [2.05, 4.69) is 66.6 Å². The van der Waals surface area contributed by atoms with Crippen molar-refractivity contribution in [2.75, 3.05) is 0 Å². The third-order valence-corrected chi connectivity index (χ3v) is 3.93. The summed E-state index contributed by atoms with van der Waals surface area (Å²) >= 11 is 0. The first-order valence-electron chi connectivity index (χ1n) is 7.41. The minimum Gasteiger partial charge on any atom is -0.306 e. The van der Waals surface area contributed by atoms with E-state index in [0.717, 1.165) is 16.9 Å². The maximum absolute atomic E-state index is 4.66. The highest BCUT2D eigenvalue weighted by molar-refractivity contribution is 5.69. The maximum atomic E-state index is 4.66. The van der Waals surface area contributed by atoms with Crippen LogP contribution in [0.4, 0.5) is 0 Å². The lowest BCUT2D eigenvalue weighted by atomic mass is 10.0. The second-order valence-corrected chi connectivity index (χ2v) is 5.54. The van der Waals surface area contributed by atoms with Crippen molar-refractivity contribution in [3.05, 3.63) is 84.7 Å². The van der Waals surface area contributed by atoms with Crippen LogP contribution >= 0.6 is 0 Å². The highest BCUT2D eigenvalue weighted by atomic mass is 15.0. The van der Waals surface area contributed by atoms with Crippen molar-refractivity contribution < 1.29 is 0 Å². The number of imidazole rings is 1. The molecule has 0 aliphatic carbocycles. The SMILES string of the molecule is Cc1ccc(-c2ccc(-c3cn4ccccc4n3)cc2)cc1. The van der Waals surface area contributed by atoms with Crippen LogP contribution in [0.5, 0.6) is 0 Å². The van der Waals surface area contributed by atoms with Gasteiger partial charge in [0.25, 0.3) is 0 Å². The minimum absolute atomic E-state index is 0.972. The summed E-state index contributed by atoms with van der Waals surface area (Å²) in [7, 11) is 0. The van der Waals surface area contributed by atoms with Crippen LogP contribution in [-0.2, 0) is 0 Å². The van der Waals surface area contributed by atoms with Gasteiger partial charge in [-0.1, -0.05) is 60.2 Å². The van der Waals surface area contributed by atoms with Gasteiger partial charge in [-0.3, -0.25) is 0 Å². The van der Waals surface area contributed by atoms with Gasteiger partial charge in [-0.05, 0) is 30.2 Å². The Kier molecular flexibility index (Phi) is 3.01. The van der Waals surface area contributed by atoms with Crippen LogP contribution in [0.1, 0.15) is 5.56 Å². The van der Waals surface area contributed by atoms with Crippen molar-refractivity contribution >= 4 is 5.65 Å². The first-order valence-corrected chi connectivity index (χ1v) is 7.41. The zero-order valence-corrected chi connectivity index (χ0v) is 12.4. The number of aryl methyl sites for hydroxylation is 1. The Morgan fingerprint density at radius 3 is 2.05 bits per heavy atom. The predicted molar refractivity (Wildman–Crippen MR) is 90.8 cm³/mol. The third-order valence-electron chi connectivity index (χ3n) is 3.93. The molecular weight excluding hydrogens is 268 g/mol. The summed E-state index contributed by atoms with van der Waals surface area (Å²) in [5.74, 6) is 0. The fourth-order valence-corrected chi connectivity index (χ4v) is 2.65. The minimum atomic E-state index is 0.972. The average Bonchev–Trinajstić information content (AvgIpc) is 3.00. The quantitative estimate of drug-likeness (QED) is 0.507. The summed E-state index contributed by atoms with van der Waals surface area (Å²) in [6.07, 6.45) is 4.09. The fourth-order valence-electron chi connectivity index (χ4n) is 2.65. The molecule has 0 amide bonds. The van der Waals surface area contributed by atoms with E-state index in [1.807, 2.05) is 28.8 Å². The summed E-state index contributed by atoms with van der Waals surface area (Å²) in [5, 5.41) is 0. The zero-order chi connectivity index (χ0) is 14.9.